The number of benzene rings is 4. The molecule has 0 saturated heterocycles. The lowest BCUT2D eigenvalue weighted by Gasteiger charge is -2.28. The van der Waals surface area contributed by atoms with E-state index in [4.69, 9.17) is 15.5 Å². The summed E-state index contributed by atoms with van der Waals surface area (Å²) in [6.45, 7) is 0.650. The first kappa shape index (κ1) is 18.6. The van der Waals surface area contributed by atoms with Gasteiger partial charge in [-0.05, 0) is 28.0 Å². The van der Waals surface area contributed by atoms with E-state index in [2.05, 4.69) is 66.7 Å². The maximum atomic E-state index is 6.82. The first-order valence-corrected chi connectivity index (χ1v) is 10.8. The average molecular weight is 417 g/mol. The van der Waals surface area contributed by atoms with Crippen LogP contribution in [-0.4, -0.2) is 4.98 Å². The van der Waals surface area contributed by atoms with Gasteiger partial charge < -0.3 is 10.5 Å². The molecule has 0 fully saturated rings. The van der Waals surface area contributed by atoms with Gasteiger partial charge >= 0.3 is 5.88 Å². The monoisotopic (exact) mass is 416 g/mol. The Bertz CT molecular complexity index is 1430. The van der Waals surface area contributed by atoms with Crippen LogP contribution in [0.1, 0.15) is 28.2 Å². The Balaban J connectivity index is 1.60. The van der Waals surface area contributed by atoms with Gasteiger partial charge in [0.05, 0.1) is 12.5 Å². The fourth-order valence-electron chi connectivity index (χ4n) is 4.67. The summed E-state index contributed by atoms with van der Waals surface area (Å²) in [4.78, 5) is 4.69. The molecule has 154 valence electrons. The van der Waals surface area contributed by atoms with Crippen molar-refractivity contribution in [3.8, 4) is 11.6 Å². The van der Waals surface area contributed by atoms with E-state index in [1.807, 2.05) is 34.9 Å². The number of rotatable bonds is 3. The van der Waals surface area contributed by atoms with Crippen molar-refractivity contribution in [3.63, 3.8) is 0 Å². The summed E-state index contributed by atoms with van der Waals surface area (Å²) in [5.74, 6) is 2.00. The zero-order valence-corrected chi connectivity index (χ0v) is 17.5. The third-order valence-corrected chi connectivity index (χ3v) is 6.17. The lowest BCUT2D eigenvalue weighted by atomic mass is 9.81. The molecule has 0 radical (unpaired) electrons. The van der Waals surface area contributed by atoms with Crippen LogP contribution in [0.25, 0.3) is 10.8 Å². The lowest BCUT2D eigenvalue weighted by molar-refractivity contribution is -0.677. The molecule has 1 aromatic heterocycles. The van der Waals surface area contributed by atoms with Crippen LogP contribution in [0.15, 0.2) is 103 Å². The summed E-state index contributed by atoms with van der Waals surface area (Å²) in [7, 11) is 0. The SMILES string of the molecule is Nc1c2c(nc[n+]1Cc1ccccc1)Oc1ccc3ccccc3c1[C@@H]2c1ccccc1. The fraction of sp³-hybridized carbons (Fsp3) is 0.0714. The first-order chi connectivity index (χ1) is 15.8. The molecule has 4 nitrogen and oxygen atoms in total. The molecular formula is C28H22N3O+. The maximum Gasteiger partial charge on any atom is 0.306 e. The summed E-state index contributed by atoms with van der Waals surface area (Å²) in [6.07, 6.45) is 1.77. The van der Waals surface area contributed by atoms with Crippen molar-refractivity contribution in [3.05, 3.63) is 126 Å². The van der Waals surface area contributed by atoms with Crippen molar-refractivity contribution in [1.82, 2.24) is 4.98 Å². The summed E-state index contributed by atoms with van der Waals surface area (Å²) >= 11 is 0. The van der Waals surface area contributed by atoms with Crippen LogP contribution in [-0.2, 0) is 6.54 Å². The Morgan fingerprint density at radius 3 is 2.31 bits per heavy atom. The minimum atomic E-state index is -0.0724. The number of ether oxygens (including phenoxy) is 1. The number of hydrogen-bond donors (Lipinski definition) is 1. The molecule has 0 amide bonds. The van der Waals surface area contributed by atoms with Crippen molar-refractivity contribution in [1.29, 1.82) is 0 Å². The Morgan fingerprint density at radius 1 is 0.781 bits per heavy atom. The Morgan fingerprint density at radius 2 is 1.50 bits per heavy atom. The summed E-state index contributed by atoms with van der Waals surface area (Å²) in [5.41, 5.74) is 11.2. The van der Waals surface area contributed by atoms with Crippen molar-refractivity contribution in [2.45, 2.75) is 12.5 Å². The molecule has 5 aromatic rings. The number of aromatic nitrogens is 2. The van der Waals surface area contributed by atoms with Gasteiger partial charge in [0.25, 0.3) is 0 Å². The number of nitrogens with zero attached hydrogens (tertiary/aromatic N) is 2. The van der Waals surface area contributed by atoms with E-state index in [9.17, 15) is 0 Å². The van der Waals surface area contributed by atoms with Gasteiger partial charge in [-0.2, -0.15) is 0 Å². The third-order valence-electron chi connectivity index (χ3n) is 6.17. The van der Waals surface area contributed by atoms with Crippen LogP contribution in [0.3, 0.4) is 0 Å². The lowest BCUT2D eigenvalue weighted by Crippen LogP contribution is -2.40. The quantitative estimate of drug-likeness (QED) is 0.391. The van der Waals surface area contributed by atoms with E-state index < -0.39 is 0 Å². The van der Waals surface area contributed by atoms with Crippen molar-refractivity contribution in [2.75, 3.05) is 5.73 Å². The highest BCUT2D eigenvalue weighted by Gasteiger charge is 2.37. The number of nitrogens with two attached hydrogens (primary N) is 1. The Labute approximate surface area is 186 Å². The highest BCUT2D eigenvalue weighted by Crippen LogP contribution is 2.50. The predicted octanol–water partition coefficient (Wildman–Crippen LogP) is 5.44. The topological polar surface area (TPSA) is 52.0 Å². The van der Waals surface area contributed by atoms with E-state index in [-0.39, 0.29) is 5.92 Å². The molecule has 1 aliphatic heterocycles. The standard InChI is InChI=1S/C28H21N3O/c29-27-26-24(21-12-5-2-6-13-21)25-22-14-8-7-11-20(22)15-16-23(25)32-28(26)30-18-31(27)17-19-9-3-1-4-10-19/h1-16,18,24,29H,17H2/p+1/t24-/m0/s1. The Hall–Kier alpha value is -4.18. The second-order valence-electron chi connectivity index (χ2n) is 8.11. The first-order valence-electron chi connectivity index (χ1n) is 10.8. The second-order valence-corrected chi connectivity index (χ2v) is 8.11. The van der Waals surface area contributed by atoms with Gasteiger partial charge in [-0.25, -0.2) is 4.57 Å². The highest BCUT2D eigenvalue weighted by atomic mass is 16.5. The predicted molar refractivity (Wildman–Crippen MR) is 126 cm³/mol. The number of fused-ring (bicyclic) bond motifs is 4. The van der Waals surface area contributed by atoms with Gasteiger partial charge in [-0.1, -0.05) is 96.0 Å². The van der Waals surface area contributed by atoms with Crippen LogP contribution in [0.4, 0.5) is 5.82 Å². The zero-order chi connectivity index (χ0) is 21.5. The van der Waals surface area contributed by atoms with Gasteiger partial charge in [0.2, 0.25) is 12.1 Å². The Kier molecular flexibility index (Phi) is 4.36. The summed E-state index contributed by atoms with van der Waals surface area (Å²) < 4.78 is 8.32. The van der Waals surface area contributed by atoms with E-state index in [1.54, 1.807) is 6.33 Å². The molecule has 6 rings (SSSR count). The van der Waals surface area contributed by atoms with E-state index >= 15 is 0 Å². The molecule has 32 heavy (non-hydrogen) atoms. The molecule has 0 unspecified atom stereocenters. The number of hydrogen-bond acceptors (Lipinski definition) is 3. The maximum absolute atomic E-state index is 6.82. The van der Waals surface area contributed by atoms with E-state index in [1.165, 1.54) is 21.9 Å². The van der Waals surface area contributed by atoms with Gasteiger partial charge in [-0.15, -0.1) is 0 Å². The number of nitrogen functional groups attached to an aromatic ring is 1. The van der Waals surface area contributed by atoms with Crippen LogP contribution in [0.2, 0.25) is 0 Å². The van der Waals surface area contributed by atoms with Crippen LogP contribution >= 0.6 is 0 Å². The van der Waals surface area contributed by atoms with E-state index in [0.29, 0.717) is 18.2 Å². The zero-order valence-electron chi connectivity index (χ0n) is 17.5. The molecular weight excluding hydrogens is 394 g/mol. The highest BCUT2D eigenvalue weighted by molar-refractivity contribution is 5.90. The molecule has 4 aromatic carbocycles. The molecule has 0 spiro atoms. The van der Waals surface area contributed by atoms with Crippen LogP contribution < -0.4 is 15.0 Å². The van der Waals surface area contributed by atoms with Gasteiger partial charge in [-0.3, -0.25) is 0 Å². The van der Waals surface area contributed by atoms with Gasteiger partial charge in [0, 0.05) is 5.56 Å². The average Bonchev–Trinajstić information content (AvgIpc) is 2.85. The molecule has 0 saturated carbocycles. The third kappa shape index (κ3) is 3.00. The summed E-state index contributed by atoms with van der Waals surface area (Å²) in [6, 6.07) is 33.3. The minimum Gasteiger partial charge on any atom is -0.426 e. The van der Waals surface area contributed by atoms with Gasteiger partial charge in [0.1, 0.15) is 11.3 Å². The second kappa shape index (κ2) is 7.50. The molecule has 2 heterocycles. The van der Waals surface area contributed by atoms with Crippen molar-refractivity contribution < 1.29 is 9.30 Å². The molecule has 2 N–H and O–H groups in total. The van der Waals surface area contributed by atoms with E-state index in [0.717, 1.165) is 16.9 Å². The molecule has 1 aliphatic rings. The number of anilines is 1. The largest absolute Gasteiger partial charge is 0.426 e. The fourth-order valence-corrected chi connectivity index (χ4v) is 4.67. The molecule has 1 atom stereocenters. The molecule has 4 heteroatoms. The smallest absolute Gasteiger partial charge is 0.306 e. The molecule has 0 aliphatic carbocycles. The normalized spacial score (nSPS) is 14.4. The molecule has 0 bridgehead atoms. The van der Waals surface area contributed by atoms with Crippen molar-refractivity contribution >= 4 is 16.6 Å². The van der Waals surface area contributed by atoms with Crippen molar-refractivity contribution in [2.24, 2.45) is 0 Å². The minimum absolute atomic E-state index is 0.0724. The van der Waals surface area contributed by atoms with Gasteiger partial charge in [0.15, 0.2) is 0 Å². The van der Waals surface area contributed by atoms with Crippen LogP contribution in [0, 0.1) is 0 Å². The van der Waals surface area contributed by atoms with Crippen LogP contribution in [0.5, 0.6) is 11.6 Å². The summed E-state index contributed by atoms with van der Waals surface area (Å²) in [5, 5.41) is 2.35.